The fourth-order valence-electron chi connectivity index (χ4n) is 4.48. The van der Waals surface area contributed by atoms with Crippen molar-refractivity contribution >= 4 is 17.7 Å². The van der Waals surface area contributed by atoms with E-state index in [4.69, 9.17) is 0 Å². The van der Waals surface area contributed by atoms with Crippen LogP contribution in [0.5, 0.6) is 0 Å². The first-order chi connectivity index (χ1) is 16.3. The highest BCUT2D eigenvalue weighted by Gasteiger charge is 2.37. The van der Waals surface area contributed by atoms with Crippen molar-refractivity contribution < 1.29 is 27.6 Å². The molecule has 0 aliphatic carbocycles. The number of hydrogen-bond donors (Lipinski definition) is 0. The van der Waals surface area contributed by atoms with Crippen molar-refractivity contribution in [3.63, 3.8) is 0 Å². The van der Waals surface area contributed by atoms with Crippen molar-refractivity contribution in [2.24, 2.45) is 0 Å². The number of amides is 3. The van der Waals surface area contributed by atoms with Crippen LogP contribution in [-0.4, -0.2) is 65.1 Å². The molecule has 180 valence electrons. The van der Waals surface area contributed by atoms with Crippen LogP contribution in [0, 0.1) is 0 Å². The molecule has 0 N–H and O–H groups in total. The van der Waals surface area contributed by atoms with Gasteiger partial charge < -0.3 is 14.7 Å². The SMILES string of the molecule is O=C(c1ccc(C(F)(F)F)cc1)N1CCN(C(=O)C(c2ccccc2)N2CCCCC2=O)CC1. The minimum absolute atomic E-state index is 0.0374. The number of halogens is 3. The molecule has 0 bridgehead atoms. The molecule has 2 aromatic carbocycles. The molecule has 2 aliphatic heterocycles. The van der Waals surface area contributed by atoms with E-state index in [0.717, 1.165) is 30.5 Å². The number of hydrogen-bond acceptors (Lipinski definition) is 3. The zero-order valence-corrected chi connectivity index (χ0v) is 18.6. The van der Waals surface area contributed by atoms with Gasteiger partial charge >= 0.3 is 6.18 Å². The van der Waals surface area contributed by atoms with Gasteiger partial charge in [-0.1, -0.05) is 30.3 Å². The van der Waals surface area contributed by atoms with E-state index in [9.17, 15) is 27.6 Å². The van der Waals surface area contributed by atoms with E-state index in [-0.39, 0.29) is 49.5 Å². The van der Waals surface area contributed by atoms with Gasteiger partial charge in [-0.05, 0) is 42.7 Å². The molecule has 0 saturated carbocycles. The molecule has 1 unspecified atom stereocenters. The van der Waals surface area contributed by atoms with Gasteiger partial charge in [-0.2, -0.15) is 13.2 Å². The predicted octanol–water partition coefficient (Wildman–Crippen LogP) is 3.74. The normalized spacial score (nSPS) is 18.1. The largest absolute Gasteiger partial charge is 0.416 e. The van der Waals surface area contributed by atoms with E-state index < -0.39 is 17.8 Å². The van der Waals surface area contributed by atoms with Gasteiger partial charge in [-0.3, -0.25) is 14.4 Å². The summed E-state index contributed by atoms with van der Waals surface area (Å²) in [6, 6.07) is 12.7. The third-order valence-electron chi connectivity index (χ3n) is 6.36. The van der Waals surface area contributed by atoms with E-state index in [0.29, 0.717) is 13.0 Å². The number of likely N-dealkylation sites (tertiary alicyclic amines) is 1. The lowest BCUT2D eigenvalue weighted by Gasteiger charge is -2.40. The summed E-state index contributed by atoms with van der Waals surface area (Å²) in [4.78, 5) is 43.8. The molecule has 0 radical (unpaired) electrons. The lowest BCUT2D eigenvalue weighted by Crippen LogP contribution is -2.54. The third-order valence-corrected chi connectivity index (χ3v) is 6.36. The highest BCUT2D eigenvalue weighted by molar-refractivity contribution is 5.94. The zero-order chi connectivity index (χ0) is 24.3. The standard InChI is InChI=1S/C25H26F3N3O3/c26-25(27,28)20-11-9-19(10-12-20)23(33)29-14-16-30(17-15-29)24(34)22(18-6-2-1-3-7-18)31-13-5-4-8-21(31)32/h1-3,6-7,9-12,22H,4-5,8,13-17H2. The summed E-state index contributed by atoms with van der Waals surface area (Å²) >= 11 is 0. The lowest BCUT2D eigenvalue weighted by atomic mass is 9.99. The van der Waals surface area contributed by atoms with Gasteiger partial charge in [-0.15, -0.1) is 0 Å². The first-order valence-electron chi connectivity index (χ1n) is 11.4. The second-order valence-electron chi connectivity index (χ2n) is 8.55. The van der Waals surface area contributed by atoms with Crippen LogP contribution in [-0.2, 0) is 15.8 Å². The van der Waals surface area contributed by atoms with E-state index in [1.807, 2.05) is 30.3 Å². The maximum absolute atomic E-state index is 13.5. The molecule has 4 rings (SSSR count). The number of piperazine rings is 1. The number of alkyl halides is 3. The Hall–Kier alpha value is -3.36. The van der Waals surface area contributed by atoms with Crippen LogP contribution in [0.1, 0.15) is 46.8 Å². The number of nitrogens with zero attached hydrogens (tertiary/aromatic N) is 3. The molecular weight excluding hydrogens is 447 g/mol. The fraction of sp³-hybridized carbons (Fsp3) is 0.400. The molecule has 2 aliphatic rings. The first kappa shape index (κ1) is 23.8. The maximum Gasteiger partial charge on any atom is 0.416 e. The molecule has 34 heavy (non-hydrogen) atoms. The Morgan fingerprint density at radius 2 is 1.41 bits per heavy atom. The summed E-state index contributed by atoms with van der Waals surface area (Å²) in [6.07, 6.45) is -2.38. The number of carbonyl (C=O) groups is 3. The predicted molar refractivity (Wildman–Crippen MR) is 119 cm³/mol. The van der Waals surface area contributed by atoms with Gasteiger partial charge in [0, 0.05) is 44.7 Å². The van der Waals surface area contributed by atoms with Crippen LogP contribution >= 0.6 is 0 Å². The fourth-order valence-corrected chi connectivity index (χ4v) is 4.48. The molecule has 2 saturated heterocycles. The van der Waals surface area contributed by atoms with E-state index in [1.54, 1.807) is 9.80 Å². The Balaban J connectivity index is 1.44. The first-order valence-corrected chi connectivity index (χ1v) is 11.4. The van der Waals surface area contributed by atoms with Crippen LogP contribution in [0.2, 0.25) is 0 Å². The molecular formula is C25H26F3N3O3. The minimum Gasteiger partial charge on any atom is -0.337 e. The van der Waals surface area contributed by atoms with Gasteiger partial charge in [0.1, 0.15) is 6.04 Å². The van der Waals surface area contributed by atoms with E-state index >= 15 is 0 Å². The minimum atomic E-state index is -4.46. The third kappa shape index (κ3) is 5.08. The monoisotopic (exact) mass is 473 g/mol. The van der Waals surface area contributed by atoms with Crippen molar-refractivity contribution in [3.05, 3.63) is 71.3 Å². The van der Waals surface area contributed by atoms with Crippen molar-refractivity contribution in [2.75, 3.05) is 32.7 Å². The summed E-state index contributed by atoms with van der Waals surface area (Å²) in [5.41, 5.74) is 0.124. The summed E-state index contributed by atoms with van der Waals surface area (Å²) in [6.45, 7) is 1.63. The Kier molecular flexibility index (Phi) is 6.90. The van der Waals surface area contributed by atoms with Crippen molar-refractivity contribution in [1.29, 1.82) is 0 Å². The molecule has 0 spiro atoms. The molecule has 1 atom stereocenters. The summed E-state index contributed by atoms with van der Waals surface area (Å²) in [5.74, 6) is -0.584. The second-order valence-corrected chi connectivity index (χ2v) is 8.55. The topological polar surface area (TPSA) is 60.9 Å². The van der Waals surface area contributed by atoms with Crippen LogP contribution in [0.3, 0.4) is 0 Å². The van der Waals surface area contributed by atoms with E-state index in [2.05, 4.69) is 0 Å². The van der Waals surface area contributed by atoms with Gasteiger partial charge in [0.25, 0.3) is 5.91 Å². The molecule has 2 heterocycles. The summed E-state index contributed by atoms with van der Waals surface area (Å²) in [7, 11) is 0. The van der Waals surface area contributed by atoms with Crippen molar-refractivity contribution in [1.82, 2.24) is 14.7 Å². The zero-order valence-electron chi connectivity index (χ0n) is 18.6. The number of rotatable bonds is 4. The van der Waals surface area contributed by atoms with E-state index in [1.165, 1.54) is 17.0 Å². The van der Waals surface area contributed by atoms with Gasteiger partial charge in [0.05, 0.1) is 5.56 Å². The lowest BCUT2D eigenvalue weighted by molar-refractivity contribution is -0.148. The van der Waals surface area contributed by atoms with Crippen LogP contribution in [0.15, 0.2) is 54.6 Å². The molecule has 6 nitrogen and oxygen atoms in total. The van der Waals surface area contributed by atoms with Crippen LogP contribution in [0.25, 0.3) is 0 Å². The Labute approximate surface area is 195 Å². The van der Waals surface area contributed by atoms with Gasteiger partial charge in [0.15, 0.2) is 0 Å². The Morgan fingerprint density at radius 1 is 0.794 bits per heavy atom. The van der Waals surface area contributed by atoms with Gasteiger partial charge in [0.2, 0.25) is 11.8 Å². The Bertz CT molecular complexity index is 1030. The van der Waals surface area contributed by atoms with Crippen LogP contribution < -0.4 is 0 Å². The summed E-state index contributed by atoms with van der Waals surface area (Å²) < 4.78 is 38.3. The Morgan fingerprint density at radius 3 is 2.00 bits per heavy atom. The van der Waals surface area contributed by atoms with Crippen molar-refractivity contribution in [2.45, 2.75) is 31.5 Å². The molecule has 2 aromatic rings. The number of piperidine rings is 1. The highest BCUT2D eigenvalue weighted by Crippen LogP contribution is 2.30. The second kappa shape index (κ2) is 9.87. The highest BCUT2D eigenvalue weighted by atomic mass is 19.4. The van der Waals surface area contributed by atoms with Crippen LogP contribution in [0.4, 0.5) is 13.2 Å². The quantitative estimate of drug-likeness (QED) is 0.680. The smallest absolute Gasteiger partial charge is 0.337 e. The molecule has 0 aromatic heterocycles. The molecule has 2 fully saturated rings. The van der Waals surface area contributed by atoms with Crippen molar-refractivity contribution in [3.8, 4) is 0 Å². The summed E-state index contributed by atoms with van der Waals surface area (Å²) in [5, 5.41) is 0. The number of benzene rings is 2. The molecule has 9 heteroatoms. The average molecular weight is 473 g/mol. The number of carbonyl (C=O) groups excluding carboxylic acids is 3. The average Bonchev–Trinajstić information content (AvgIpc) is 2.85. The van der Waals surface area contributed by atoms with Gasteiger partial charge in [-0.25, -0.2) is 0 Å². The maximum atomic E-state index is 13.5. The molecule has 3 amide bonds.